The van der Waals surface area contributed by atoms with Crippen LogP contribution in [0.25, 0.3) is 0 Å². The summed E-state index contributed by atoms with van der Waals surface area (Å²) in [5.41, 5.74) is 5.29. The molecule has 0 spiro atoms. The fraction of sp³-hybridized carbons (Fsp3) is 0.636. The Morgan fingerprint density at radius 1 is 1.09 bits per heavy atom. The van der Waals surface area contributed by atoms with Gasteiger partial charge in [0, 0.05) is 30.6 Å². The second-order valence-electron chi connectivity index (χ2n) is 10.1. The smallest absolute Gasteiger partial charge is 0.304 e. The van der Waals surface area contributed by atoms with E-state index < -0.39 is 33.2 Å². The summed E-state index contributed by atoms with van der Waals surface area (Å²) in [6.07, 6.45) is 4.52. The molecule has 1 heterocycles. The van der Waals surface area contributed by atoms with Gasteiger partial charge in [0.1, 0.15) is 0 Å². The number of hydrogen-bond acceptors (Lipinski definition) is 4. The van der Waals surface area contributed by atoms with Crippen molar-refractivity contribution in [1.29, 1.82) is 0 Å². The monoisotopic (exact) mass is 482 g/mol. The van der Waals surface area contributed by atoms with Gasteiger partial charge in [-0.2, -0.15) is 12.7 Å². The molecule has 0 aromatic heterocycles. The Morgan fingerprint density at radius 2 is 1.79 bits per heavy atom. The number of benzene rings is 1. The van der Waals surface area contributed by atoms with Gasteiger partial charge in [0.25, 0.3) is 0 Å². The van der Waals surface area contributed by atoms with Crippen molar-refractivity contribution in [2.24, 2.45) is 28.9 Å². The average molecular weight is 483 g/mol. The fourth-order valence-electron chi connectivity index (χ4n) is 6.78. The molecule has 180 valence electrons. The molecule has 1 aromatic carbocycles. The van der Waals surface area contributed by atoms with Crippen molar-refractivity contribution >= 4 is 27.7 Å². The zero-order valence-corrected chi connectivity index (χ0v) is 19.0. The molecular formula is C22H28F2N4O4S. The molecule has 5 fully saturated rings. The van der Waals surface area contributed by atoms with Crippen LogP contribution < -0.4 is 15.4 Å². The second-order valence-corrected chi connectivity index (χ2v) is 11.9. The van der Waals surface area contributed by atoms with E-state index in [1.807, 2.05) is 0 Å². The number of hydrogen-bond donors (Lipinski definition) is 2. The van der Waals surface area contributed by atoms with Gasteiger partial charge in [0.2, 0.25) is 11.8 Å². The molecule has 11 heteroatoms. The van der Waals surface area contributed by atoms with Crippen LogP contribution in [-0.2, 0) is 19.8 Å². The third kappa shape index (κ3) is 3.78. The summed E-state index contributed by atoms with van der Waals surface area (Å²) in [6.45, 7) is -0.0575. The lowest BCUT2D eigenvalue weighted by Crippen LogP contribution is -2.63. The SMILES string of the molecule is NC(=O)C12CC3CC(C1)C(NC(=O)CN1CCCN(c4ccc(F)c(F)c4)S1(=O)=O)C(C3)C2. The Morgan fingerprint density at radius 3 is 2.42 bits per heavy atom. The number of anilines is 1. The molecule has 8 nitrogen and oxygen atoms in total. The summed E-state index contributed by atoms with van der Waals surface area (Å²) >= 11 is 0. The normalized spacial score (nSPS) is 34.9. The van der Waals surface area contributed by atoms with Crippen LogP contribution in [0, 0.1) is 34.8 Å². The summed E-state index contributed by atoms with van der Waals surface area (Å²) in [6, 6.07) is 2.86. The summed E-state index contributed by atoms with van der Waals surface area (Å²) in [7, 11) is -4.07. The van der Waals surface area contributed by atoms with Crippen molar-refractivity contribution in [1.82, 2.24) is 9.62 Å². The van der Waals surface area contributed by atoms with E-state index in [1.165, 1.54) is 6.07 Å². The number of primary amides is 1. The summed E-state index contributed by atoms with van der Waals surface area (Å²) < 4.78 is 55.3. The number of amides is 2. The molecule has 4 bridgehead atoms. The van der Waals surface area contributed by atoms with Gasteiger partial charge >= 0.3 is 10.2 Å². The number of carbonyl (C=O) groups is 2. The van der Waals surface area contributed by atoms with Gasteiger partial charge in [0.05, 0.1) is 12.2 Å². The van der Waals surface area contributed by atoms with E-state index in [4.69, 9.17) is 5.73 Å². The van der Waals surface area contributed by atoms with Crippen LogP contribution in [0.2, 0.25) is 0 Å². The highest BCUT2D eigenvalue weighted by molar-refractivity contribution is 7.90. The molecule has 2 amide bonds. The van der Waals surface area contributed by atoms with Crippen molar-refractivity contribution in [3.05, 3.63) is 29.8 Å². The first-order chi connectivity index (χ1) is 15.6. The number of nitrogens with one attached hydrogen (secondary N) is 1. The maximum absolute atomic E-state index is 13.7. The molecule has 4 saturated carbocycles. The minimum atomic E-state index is -4.07. The van der Waals surface area contributed by atoms with E-state index in [0.29, 0.717) is 25.2 Å². The average Bonchev–Trinajstić information content (AvgIpc) is 2.73. The topological polar surface area (TPSA) is 113 Å². The lowest BCUT2D eigenvalue weighted by molar-refractivity contribution is -0.147. The molecule has 0 radical (unpaired) electrons. The molecule has 2 unspecified atom stereocenters. The number of halogens is 2. The molecule has 1 saturated heterocycles. The predicted molar refractivity (Wildman–Crippen MR) is 116 cm³/mol. The molecule has 4 aliphatic carbocycles. The van der Waals surface area contributed by atoms with E-state index >= 15 is 0 Å². The van der Waals surface area contributed by atoms with Gasteiger partial charge in [-0.15, -0.1) is 0 Å². The van der Waals surface area contributed by atoms with Crippen LogP contribution in [0.4, 0.5) is 14.5 Å². The predicted octanol–water partition coefficient (Wildman–Crippen LogP) is 1.52. The van der Waals surface area contributed by atoms with Crippen LogP contribution >= 0.6 is 0 Å². The van der Waals surface area contributed by atoms with Crippen LogP contribution in [0.3, 0.4) is 0 Å². The first-order valence-electron chi connectivity index (χ1n) is 11.4. The number of nitrogens with zero attached hydrogens (tertiary/aromatic N) is 2. The highest BCUT2D eigenvalue weighted by Gasteiger charge is 2.58. The van der Waals surface area contributed by atoms with Gasteiger partial charge in [-0.3, -0.25) is 13.9 Å². The van der Waals surface area contributed by atoms with Crippen molar-refractivity contribution in [3.63, 3.8) is 0 Å². The largest absolute Gasteiger partial charge is 0.369 e. The molecule has 6 rings (SSSR count). The first-order valence-corrected chi connectivity index (χ1v) is 12.8. The standard InChI is InChI=1S/C22H28F2N4O4S/c23-17-3-2-16(8-18(17)24)28-5-1-4-27(33(28,31)32)12-19(29)26-20-14-6-13-7-15(20)11-22(9-13,10-14)21(25)30/h2-3,8,13-15,20H,1,4-7,9-12H2,(H2,25,30)(H,26,29). The van der Waals surface area contributed by atoms with Gasteiger partial charge in [-0.1, -0.05) is 0 Å². The Labute approximate surface area is 191 Å². The summed E-state index contributed by atoms with van der Waals surface area (Å²) in [5.74, 6) is -2.03. The minimum Gasteiger partial charge on any atom is -0.369 e. The molecule has 5 aliphatic rings. The van der Waals surface area contributed by atoms with Crippen molar-refractivity contribution in [3.8, 4) is 0 Å². The van der Waals surface area contributed by atoms with Crippen molar-refractivity contribution < 1.29 is 26.8 Å². The third-order valence-electron chi connectivity index (χ3n) is 8.01. The van der Waals surface area contributed by atoms with Crippen molar-refractivity contribution in [2.75, 3.05) is 23.9 Å². The van der Waals surface area contributed by atoms with Crippen LogP contribution in [0.15, 0.2) is 18.2 Å². The Hall–Kier alpha value is -2.27. The molecule has 1 aliphatic heterocycles. The molecule has 33 heavy (non-hydrogen) atoms. The maximum Gasteiger partial charge on any atom is 0.304 e. The van der Waals surface area contributed by atoms with Crippen LogP contribution in [0.1, 0.15) is 38.5 Å². The lowest BCUT2D eigenvalue weighted by atomic mass is 9.47. The van der Waals surface area contributed by atoms with E-state index in [-0.39, 0.29) is 49.1 Å². The van der Waals surface area contributed by atoms with Gasteiger partial charge in [-0.05, 0) is 68.4 Å². The number of rotatable bonds is 5. The molecule has 1 aromatic rings. The zero-order chi connectivity index (χ0) is 23.5. The molecule has 3 N–H and O–H groups in total. The number of nitrogens with two attached hydrogens (primary N) is 1. The third-order valence-corrected chi connectivity index (χ3v) is 9.92. The Kier molecular flexibility index (Phi) is 5.39. The van der Waals surface area contributed by atoms with Gasteiger partial charge in [-0.25, -0.2) is 8.78 Å². The van der Waals surface area contributed by atoms with E-state index in [2.05, 4.69) is 5.32 Å². The summed E-state index contributed by atoms with van der Waals surface area (Å²) in [5, 5.41) is 3.05. The second kappa shape index (κ2) is 7.90. The van der Waals surface area contributed by atoms with Gasteiger partial charge < -0.3 is 11.1 Å². The van der Waals surface area contributed by atoms with Crippen LogP contribution in [0.5, 0.6) is 0 Å². The van der Waals surface area contributed by atoms with Crippen molar-refractivity contribution in [2.45, 2.75) is 44.6 Å². The highest BCUT2D eigenvalue weighted by Crippen LogP contribution is 2.59. The quantitative estimate of drug-likeness (QED) is 0.663. The van der Waals surface area contributed by atoms with E-state index in [9.17, 15) is 26.8 Å². The lowest BCUT2D eigenvalue weighted by Gasteiger charge is -2.58. The Balaban J connectivity index is 1.27. The highest BCUT2D eigenvalue weighted by atomic mass is 32.2. The van der Waals surface area contributed by atoms with E-state index in [0.717, 1.165) is 40.0 Å². The van der Waals surface area contributed by atoms with Gasteiger partial charge in [0.15, 0.2) is 11.6 Å². The molecular weight excluding hydrogens is 454 g/mol. The summed E-state index contributed by atoms with van der Waals surface area (Å²) in [4.78, 5) is 25.0. The fourth-order valence-corrected chi connectivity index (χ4v) is 8.44. The first kappa shape index (κ1) is 22.5. The number of carbonyl (C=O) groups excluding carboxylic acids is 2. The maximum atomic E-state index is 13.7. The zero-order valence-electron chi connectivity index (χ0n) is 18.2. The minimum absolute atomic E-state index is 0.0248. The van der Waals surface area contributed by atoms with Crippen LogP contribution in [-0.4, -0.2) is 50.2 Å². The molecule has 2 atom stereocenters. The van der Waals surface area contributed by atoms with E-state index in [1.54, 1.807) is 0 Å². The Bertz CT molecular complexity index is 1080.